The molecule has 3 rings (SSSR count). The predicted molar refractivity (Wildman–Crippen MR) is 81.8 cm³/mol. The molecule has 1 N–H and O–H groups in total. The smallest absolute Gasteiger partial charge is 0.227 e. The number of para-hydroxylation sites is 1. The summed E-state index contributed by atoms with van der Waals surface area (Å²) in [5.41, 5.74) is 0.975. The zero-order chi connectivity index (χ0) is 14.8. The molecule has 6 heteroatoms. The number of carbonyl (C=O) groups excluding carboxylic acids is 2. The largest absolute Gasteiger partial charge is 0.355 e. The molecule has 1 aliphatic heterocycles. The van der Waals surface area contributed by atoms with Gasteiger partial charge < -0.3 is 10.2 Å². The van der Waals surface area contributed by atoms with Crippen LogP contribution >= 0.6 is 11.3 Å². The minimum Gasteiger partial charge on any atom is -0.355 e. The summed E-state index contributed by atoms with van der Waals surface area (Å²) in [6, 6.07) is 7.97. The second-order valence-corrected chi connectivity index (χ2v) is 6.42. The highest BCUT2D eigenvalue weighted by atomic mass is 32.1. The highest BCUT2D eigenvalue weighted by Crippen LogP contribution is 2.23. The van der Waals surface area contributed by atoms with E-state index in [0.29, 0.717) is 25.9 Å². The molecule has 5 nitrogen and oxygen atoms in total. The van der Waals surface area contributed by atoms with Gasteiger partial charge in [0.25, 0.3) is 0 Å². The fraction of sp³-hybridized carbons (Fsp3) is 0.400. The van der Waals surface area contributed by atoms with Gasteiger partial charge in [0, 0.05) is 20.0 Å². The van der Waals surface area contributed by atoms with Gasteiger partial charge in [-0.2, -0.15) is 0 Å². The molecule has 1 aromatic heterocycles. The Bertz CT molecular complexity index is 639. The van der Waals surface area contributed by atoms with Crippen LogP contribution in [0.4, 0.5) is 0 Å². The fourth-order valence-electron chi connectivity index (χ4n) is 2.52. The molecule has 0 aliphatic carbocycles. The normalized spacial score (nSPS) is 18.5. The van der Waals surface area contributed by atoms with Crippen molar-refractivity contribution in [1.29, 1.82) is 0 Å². The molecule has 110 valence electrons. The SMILES string of the molecule is CN(Cc1nc2ccccc2s1)C(=O)[C@@H]1CCC(=O)NC1. The first kappa shape index (κ1) is 14.0. The third kappa shape index (κ3) is 3.05. The van der Waals surface area contributed by atoms with Crippen molar-refractivity contribution in [3.8, 4) is 0 Å². The van der Waals surface area contributed by atoms with E-state index in [0.717, 1.165) is 15.2 Å². The second kappa shape index (κ2) is 5.81. The van der Waals surface area contributed by atoms with Crippen molar-refractivity contribution in [2.24, 2.45) is 5.92 Å². The van der Waals surface area contributed by atoms with E-state index >= 15 is 0 Å². The van der Waals surface area contributed by atoms with Gasteiger partial charge in [-0.25, -0.2) is 4.98 Å². The van der Waals surface area contributed by atoms with Gasteiger partial charge in [0.15, 0.2) is 0 Å². The number of piperidine rings is 1. The van der Waals surface area contributed by atoms with E-state index in [4.69, 9.17) is 0 Å². The van der Waals surface area contributed by atoms with Crippen LogP contribution in [-0.4, -0.2) is 35.3 Å². The summed E-state index contributed by atoms with van der Waals surface area (Å²) >= 11 is 1.62. The number of nitrogens with zero attached hydrogens (tertiary/aromatic N) is 2. The van der Waals surface area contributed by atoms with Gasteiger partial charge in [0.1, 0.15) is 5.01 Å². The lowest BCUT2D eigenvalue weighted by Crippen LogP contribution is -2.43. The first-order chi connectivity index (χ1) is 10.1. The van der Waals surface area contributed by atoms with Crippen LogP contribution in [0.3, 0.4) is 0 Å². The third-order valence-corrected chi connectivity index (χ3v) is 4.72. The van der Waals surface area contributed by atoms with Crippen molar-refractivity contribution in [3.63, 3.8) is 0 Å². The van der Waals surface area contributed by atoms with Crippen LogP contribution in [0.5, 0.6) is 0 Å². The molecule has 0 spiro atoms. The molecule has 2 aromatic rings. The molecular formula is C15H17N3O2S. The van der Waals surface area contributed by atoms with E-state index in [2.05, 4.69) is 10.3 Å². The number of nitrogens with one attached hydrogen (secondary N) is 1. The summed E-state index contributed by atoms with van der Waals surface area (Å²) < 4.78 is 1.14. The van der Waals surface area contributed by atoms with E-state index in [9.17, 15) is 9.59 Å². The van der Waals surface area contributed by atoms with Gasteiger partial charge in [0.2, 0.25) is 11.8 Å². The zero-order valence-corrected chi connectivity index (χ0v) is 12.7. The lowest BCUT2D eigenvalue weighted by molar-refractivity contribution is -0.136. The van der Waals surface area contributed by atoms with Crippen LogP contribution in [0, 0.1) is 5.92 Å². The number of hydrogen-bond donors (Lipinski definition) is 1. The molecule has 2 heterocycles. The summed E-state index contributed by atoms with van der Waals surface area (Å²) in [7, 11) is 1.80. The van der Waals surface area contributed by atoms with Gasteiger partial charge in [-0.3, -0.25) is 9.59 Å². The van der Waals surface area contributed by atoms with Crippen LogP contribution in [-0.2, 0) is 16.1 Å². The number of rotatable bonds is 3. The Balaban J connectivity index is 1.66. The van der Waals surface area contributed by atoms with E-state index in [1.165, 1.54) is 0 Å². The number of hydrogen-bond acceptors (Lipinski definition) is 4. The van der Waals surface area contributed by atoms with E-state index in [1.54, 1.807) is 23.3 Å². The first-order valence-electron chi connectivity index (χ1n) is 6.99. The van der Waals surface area contributed by atoms with Gasteiger partial charge in [-0.05, 0) is 18.6 Å². The highest BCUT2D eigenvalue weighted by molar-refractivity contribution is 7.18. The maximum absolute atomic E-state index is 12.4. The van der Waals surface area contributed by atoms with Crippen molar-refractivity contribution in [1.82, 2.24) is 15.2 Å². The average molecular weight is 303 g/mol. The summed E-state index contributed by atoms with van der Waals surface area (Å²) in [5.74, 6) is 0.00390. The molecule has 2 amide bonds. The average Bonchev–Trinajstić information content (AvgIpc) is 2.89. The Kier molecular flexibility index (Phi) is 3.88. The number of carbonyl (C=O) groups is 2. The summed E-state index contributed by atoms with van der Waals surface area (Å²) in [6.45, 7) is 0.963. The van der Waals surface area contributed by atoms with Crippen LogP contribution < -0.4 is 5.32 Å². The lowest BCUT2D eigenvalue weighted by Gasteiger charge is -2.26. The van der Waals surface area contributed by atoms with Crippen molar-refractivity contribution in [2.45, 2.75) is 19.4 Å². The van der Waals surface area contributed by atoms with Crippen molar-refractivity contribution in [2.75, 3.05) is 13.6 Å². The number of benzene rings is 1. The van der Waals surface area contributed by atoms with E-state index < -0.39 is 0 Å². The van der Waals surface area contributed by atoms with Crippen molar-refractivity contribution >= 4 is 33.4 Å². The fourth-order valence-corrected chi connectivity index (χ4v) is 3.54. The van der Waals surface area contributed by atoms with Crippen LogP contribution in [0.15, 0.2) is 24.3 Å². The molecule has 0 saturated carbocycles. The van der Waals surface area contributed by atoms with E-state index in [1.807, 2.05) is 24.3 Å². The number of aromatic nitrogens is 1. The molecule has 1 fully saturated rings. The quantitative estimate of drug-likeness (QED) is 0.940. The number of fused-ring (bicyclic) bond motifs is 1. The second-order valence-electron chi connectivity index (χ2n) is 5.31. The monoisotopic (exact) mass is 303 g/mol. The van der Waals surface area contributed by atoms with Gasteiger partial charge in [-0.1, -0.05) is 12.1 Å². The Morgan fingerprint density at radius 2 is 2.29 bits per heavy atom. The minimum absolute atomic E-state index is 0.0351. The van der Waals surface area contributed by atoms with Crippen LogP contribution in [0.25, 0.3) is 10.2 Å². The lowest BCUT2D eigenvalue weighted by atomic mass is 9.98. The van der Waals surface area contributed by atoms with Gasteiger partial charge in [-0.15, -0.1) is 11.3 Å². The minimum atomic E-state index is -0.109. The molecule has 0 radical (unpaired) electrons. The molecule has 0 bridgehead atoms. The molecule has 0 unspecified atom stereocenters. The molecule has 1 atom stereocenters. The highest BCUT2D eigenvalue weighted by Gasteiger charge is 2.27. The molecule has 1 aliphatic rings. The summed E-state index contributed by atoms with van der Waals surface area (Å²) in [6.07, 6.45) is 1.07. The summed E-state index contributed by atoms with van der Waals surface area (Å²) in [4.78, 5) is 29.8. The van der Waals surface area contributed by atoms with Crippen molar-refractivity contribution < 1.29 is 9.59 Å². The third-order valence-electron chi connectivity index (χ3n) is 3.70. The molecule has 1 saturated heterocycles. The number of thiazole rings is 1. The zero-order valence-electron chi connectivity index (χ0n) is 11.8. The Hall–Kier alpha value is -1.95. The van der Waals surface area contributed by atoms with Crippen LogP contribution in [0.2, 0.25) is 0 Å². The van der Waals surface area contributed by atoms with E-state index in [-0.39, 0.29) is 17.7 Å². The maximum atomic E-state index is 12.4. The van der Waals surface area contributed by atoms with Crippen LogP contribution in [0.1, 0.15) is 17.8 Å². The van der Waals surface area contributed by atoms with Crippen molar-refractivity contribution in [3.05, 3.63) is 29.3 Å². The topological polar surface area (TPSA) is 62.3 Å². The maximum Gasteiger partial charge on any atom is 0.227 e. The number of amides is 2. The summed E-state index contributed by atoms with van der Waals surface area (Å²) in [5, 5.41) is 3.69. The van der Waals surface area contributed by atoms with Gasteiger partial charge in [0.05, 0.1) is 22.7 Å². The Labute approximate surface area is 127 Å². The molecule has 21 heavy (non-hydrogen) atoms. The Morgan fingerprint density at radius 3 is 3.00 bits per heavy atom. The van der Waals surface area contributed by atoms with Gasteiger partial charge >= 0.3 is 0 Å². The first-order valence-corrected chi connectivity index (χ1v) is 7.81. The predicted octanol–water partition coefficient (Wildman–Crippen LogP) is 1.78. The molecule has 1 aromatic carbocycles. The molecular weight excluding hydrogens is 286 g/mol. The standard InChI is InChI=1S/C15H17N3O2S/c1-18(15(20)10-6-7-13(19)16-8-10)9-14-17-11-4-2-3-5-12(11)21-14/h2-5,10H,6-9H2,1H3,(H,16,19)/t10-/m1/s1. The Morgan fingerprint density at radius 1 is 1.48 bits per heavy atom.